The largest absolute Gasteiger partial charge is 0.544 e. The van der Waals surface area contributed by atoms with Crippen molar-refractivity contribution in [2.24, 2.45) is 5.92 Å². The van der Waals surface area contributed by atoms with E-state index in [2.05, 4.69) is 35.6 Å². The van der Waals surface area contributed by atoms with E-state index in [1.807, 2.05) is 19.1 Å². The molecule has 1 aliphatic rings. The molecule has 1 aromatic rings. The molecule has 0 amide bonds. The first-order valence-corrected chi connectivity index (χ1v) is 10.0. The van der Waals surface area contributed by atoms with Crippen LogP contribution >= 0.6 is 15.9 Å². The highest BCUT2D eigenvalue weighted by Crippen LogP contribution is 2.36. The van der Waals surface area contributed by atoms with Gasteiger partial charge in [-0.05, 0) is 43.8 Å². The van der Waals surface area contributed by atoms with E-state index in [1.165, 1.54) is 0 Å². The quantitative estimate of drug-likeness (QED) is 0.770. The van der Waals surface area contributed by atoms with Crippen molar-refractivity contribution >= 4 is 30.0 Å². The molecule has 0 aromatic heterocycles. The van der Waals surface area contributed by atoms with Gasteiger partial charge in [-0.15, -0.1) is 0 Å². The summed E-state index contributed by atoms with van der Waals surface area (Å²) in [6.07, 6.45) is 0.835. The lowest BCUT2D eigenvalue weighted by Crippen LogP contribution is -2.29. The van der Waals surface area contributed by atoms with Gasteiger partial charge in [-0.2, -0.15) is 0 Å². The summed E-state index contributed by atoms with van der Waals surface area (Å²) >= 11 is 3.54. The number of hydrogen-bond donors (Lipinski definition) is 0. The van der Waals surface area contributed by atoms with Crippen molar-refractivity contribution in [2.45, 2.75) is 33.0 Å². The Kier molecular flexibility index (Phi) is 3.21. The number of carbonyl (C=O) groups excluding carboxylic acids is 1. The fourth-order valence-electron chi connectivity index (χ4n) is 2.12. The Balaban J connectivity index is 2.42. The van der Waals surface area contributed by atoms with Gasteiger partial charge in [-0.1, -0.05) is 22.9 Å². The van der Waals surface area contributed by atoms with Gasteiger partial charge in [0.25, 0.3) is 0 Å². The summed E-state index contributed by atoms with van der Waals surface area (Å²) in [6.45, 7) is 8.39. The Bertz CT molecular complexity index is 477. The standard InChI is InChI=1S/C13H17BrO2Si/c1-8-5-10-11(13(8)15)6-9(7-12(10)14)16-17(2,3)4/h6-8H,5H2,1-4H3. The first-order chi connectivity index (χ1) is 7.78. The SMILES string of the molecule is CC1Cc2c(Br)cc(O[Si](C)(C)C)cc2C1=O. The van der Waals surface area contributed by atoms with E-state index in [4.69, 9.17) is 4.43 Å². The third-order valence-electron chi connectivity index (χ3n) is 2.82. The maximum absolute atomic E-state index is 12.0. The zero-order chi connectivity index (χ0) is 12.8. The first-order valence-electron chi connectivity index (χ1n) is 5.83. The summed E-state index contributed by atoms with van der Waals surface area (Å²) in [5, 5.41) is 0. The molecule has 0 heterocycles. The topological polar surface area (TPSA) is 26.3 Å². The van der Waals surface area contributed by atoms with E-state index >= 15 is 0 Å². The predicted molar refractivity (Wildman–Crippen MR) is 75.3 cm³/mol. The highest BCUT2D eigenvalue weighted by molar-refractivity contribution is 9.10. The summed E-state index contributed by atoms with van der Waals surface area (Å²) in [5.74, 6) is 1.15. The molecular formula is C13H17BrO2Si. The van der Waals surface area contributed by atoms with Crippen molar-refractivity contribution in [3.05, 3.63) is 27.7 Å². The molecule has 92 valence electrons. The van der Waals surface area contributed by atoms with E-state index < -0.39 is 8.32 Å². The Labute approximate surface area is 112 Å². The number of ketones is 1. The van der Waals surface area contributed by atoms with Gasteiger partial charge < -0.3 is 4.43 Å². The van der Waals surface area contributed by atoms with Crippen molar-refractivity contribution in [3.63, 3.8) is 0 Å². The van der Waals surface area contributed by atoms with Gasteiger partial charge >= 0.3 is 0 Å². The average Bonchev–Trinajstić information content (AvgIpc) is 2.43. The number of hydrogen-bond acceptors (Lipinski definition) is 2. The monoisotopic (exact) mass is 312 g/mol. The van der Waals surface area contributed by atoms with Crippen LogP contribution in [0.3, 0.4) is 0 Å². The molecule has 2 nitrogen and oxygen atoms in total. The Morgan fingerprint density at radius 1 is 1.35 bits per heavy atom. The van der Waals surface area contributed by atoms with Crippen molar-refractivity contribution in [2.75, 3.05) is 0 Å². The second kappa shape index (κ2) is 4.25. The number of rotatable bonds is 2. The number of Topliss-reactive ketones (excluding diaryl/α,β-unsaturated/α-hetero) is 1. The van der Waals surface area contributed by atoms with Gasteiger partial charge in [-0.25, -0.2) is 0 Å². The maximum Gasteiger partial charge on any atom is 0.242 e. The van der Waals surface area contributed by atoms with Crippen LogP contribution in [-0.2, 0) is 6.42 Å². The van der Waals surface area contributed by atoms with Gasteiger partial charge in [0.05, 0.1) is 0 Å². The fraction of sp³-hybridized carbons (Fsp3) is 0.462. The minimum absolute atomic E-state index is 0.100. The van der Waals surface area contributed by atoms with Crippen LogP contribution in [0.1, 0.15) is 22.8 Å². The number of halogens is 1. The minimum atomic E-state index is -1.62. The van der Waals surface area contributed by atoms with Gasteiger partial charge in [0, 0.05) is 16.0 Å². The van der Waals surface area contributed by atoms with E-state index in [0.29, 0.717) is 0 Å². The van der Waals surface area contributed by atoms with Gasteiger partial charge in [0.15, 0.2) is 5.78 Å². The zero-order valence-corrected chi connectivity index (χ0v) is 13.2. The molecule has 0 aliphatic heterocycles. The van der Waals surface area contributed by atoms with Crippen LogP contribution in [-0.4, -0.2) is 14.1 Å². The summed E-state index contributed by atoms with van der Waals surface area (Å²) in [4.78, 5) is 12.0. The predicted octanol–water partition coefficient (Wildman–Crippen LogP) is 4.04. The Hall–Kier alpha value is -0.613. The molecule has 0 radical (unpaired) electrons. The second-order valence-electron chi connectivity index (χ2n) is 5.62. The van der Waals surface area contributed by atoms with E-state index in [9.17, 15) is 4.79 Å². The van der Waals surface area contributed by atoms with Crippen molar-refractivity contribution in [1.29, 1.82) is 0 Å². The molecule has 0 saturated carbocycles. The highest BCUT2D eigenvalue weighted by atomic mass is 79.9. The summed E-state index contributed by atoms with van der Waals surface area (Å²) in [5.41, 5.74) is 1.96. The van der Waals surface area contributed by atoms with Crippen LogP contribution in [0.4, 0.5) is 0 Å². The highest BCUT2D eigenvalue weighted by Gasteiger charge is 2.30. The lowest BCUT2D eigenvalue weighted by atomic mass is 10.1. The summed E-state index contributed by atoms with van der Waals surface area (Å²) in [6, 6.07) is 3.90. The molecule has 1 atom stereocenters. The Morgan fingerprint density at radius 2 is 2.00 bits per heavy atom. The smallest absolute Gasteiger partial charge is 0.242 e. The van der Waals surface area contributed by atoms with Crippen LogP contribution in [0.25, 0.3) is 0 Å². The molecule has 4 heteroatoms. The first kappa shape index (κ1) is 12.8. The summed E-state index contributed by atoms with van der Waals surface area (Å²) < 4.78 is 6.95. The molecule has 0 bridgehead atoms. The van der Waals surface area contributed by atoms with E-state index in [1.54, 1.807) is 0 Å². The van der Waals surface area contributed by atoms with Crippen molar-refractivity contribution in [1.82, 2.24) is 0 Å². The minimum Gasteiger partial charge on any atom is -0.544 e. The second-order valence-corrected chi connectivity index (χ2v) is 10.9. The van der Waals surface area contributed by atoms with Crippen LogP contribution in [0, 0.1) is 5.92 Å². The number of fused-ring (bicyclic) bond motifs is 1. The lowest BCUT2D eigenvalue weighted by molar-refractivity contribution is 0.0946. The number of benzene rings is 1. The molecule has 1 aromatic carbocycles. The molecule has 0 saturated heterocycles. The maximum atomic E-state index is 12.0. The third-order valence-corrected chi connectivity index (χ3v) is 4.37. The van der Waals surface area contributed by atoms with E-state index in [0.717, 1.165) is 27.8 Å². The van der Waals surface area contributed by atoms with Crippen LogP contribution in [0.15, 0.2) is 16.6 Å². The molecule has 1 unspecified atom stereocenters. The average molecular weight is 313 g/mol. The van der Waals surface area contributed by atoms with Gasteiger partial charge in [0.1, 0.15) is 5.75 Å². The van der Waals surface area contributed by atoms with Crippen LogP contribution < -0.4 is 4.43 Å². The normalized spacial score (nSPS) is 19.4. The number of carbonyl (C=O) groups is 1. The molecule has 0 N–H and O–H groups in total. The molecule has 2 rings (SSSR count). The third kappa shape index (κ3) is 2.63. The van der Waals surface area contributed by atoms with Crippen LogP contribution in [0.2, 0.25) is 19.6 Å². The summed E-state index contributed by atoms with van der Waals surface area (Å²) in [7, 11) is -1.62. The van der Waals surface area contributed by atoms with Gasteiger partial charge in [0.2, 0.25) is 8.32 Å². The molecular weight excluding hydrogens is 296 g/mol. The fourth-order valence-corrected chi connectivity index (χ4v) is 3.54. The zero-order valence-electron chi connectivity index (χ0n) is 10.6. The van der Waals surface area contributed by atoms with Gasteiger partial charge in [-0.3, -0.25) is 4.79 Å². The Morgan fingerprint density at radius 3 is 2.59 bits per heavy atom. The van der Waals surface area contributed by atoms with Crippen LogP contribution in [0.5, 0.6) is 5.75 Å². The molecule has 0 spiro atoms. The van der Waals surface area contributed by atoms with Crippen molar-refractivity contribution < 1.29 is 9.22 Å². The lowest BCUT2D eigenvalue weighted by Gasteiger charge is -2.20. The van der Waals surface area contributed by atoms with E-state index in [-0.39, 0.29) is 11.7 Å². The molecule has 17 heavy (non-hydrogen) atoms. The van der Waals surface area contributed by atoms with Crippen molar-refractivity contribution in [3.8, 4) is 5.75 Å². The molecule has 0 fully saturated rings. The molecule has 1 aliphatic carbocycles.